The highest BCUT2D eigenvalue weighted by Gasteiger charge is 2.34. The smallest absolute Gasteiger partial charge is 0.284 e. The summed E-state index contributed by atoms with van der Waals surface area (Å²) in [5.41, 5.74) is 8.21. The van der Waals surface area contributed by atoms with Gasteiger partial charge in [0.25, 0.3) is 5.56 Å². The number of nitrogens with two attached hydrogens (primary N) is 1. The van der Waals surface area contributed by atoms with Gasteiger partial charge in [-0.1, -0.05) is 29.8 Å². The molecule has 0 unspecified atom stereocenters. The summed E-state index contributed by atoms with van der Waals surface area (Å²) in [5, 5.41) is 5.22. The van der Waals surface area contributed by atoms with Crippen LogP contribution < -0.4 is 16.2 Å². The van der Waals surface area contributed by atoms with Crippen molar-refractivity contribution in [3.8, 4) is 5.69 Å². The van der Waals surface area contributed by atoms with Gasteiger partial charge in [-0.3, -0.25) is 14.3 Å². The SMILES string of the molecule is Nc1nc(N2CCC[C@H]2c2nn3ccc(Cl)c3c(=O)n2-c2ccccc2)c2ncccc2n1. The van der Waals surface area contributed by atoms with E-state index in [9.17, 15) is 4.79 Å². The second-order valence-electron chi connectivity index (χ2n) is 7.92. The monoisotopic (exact) mass is 458 g/mol. The van der Waals surface area contributed by atoms with Gasteiger partial charge in [0.05, 0.1) is 22.3 Å². The molecule has 2 N–H and O–H groups in total. The first-order chi connectivity index (χ1) is 16.1. The standard InChI is InChI=1S/C23H19ClN8O/c24-15-10-13-31-19(15)22(33)32(14-6-2-1-3-7-14)20(29-31)17-9-5-12-30(17)21-18-16(8-4-11-26-18)27-23(25)28-21/h1-4,6-8,10-11,13,17H,5,9,12H2,(H2,25,27,28)/t17-/m0/s1. The summed E-state index contributed by atoms with van der Waals surface area (Å²) in [6, 6.07) is 14.6. The lowest BCUT2D eigenvalue weighted by Crippen LogP contribution is -2.33. The first-order valence-corrected chi connectivity index (χ1v) is 11.0. The van der Waals surface area contributed by atoms with Crippen LogP contribution in [0.15, 0.2) is 65.7 Å². The molecular formula is C23H19ClN8O. The zero-order valence-corrected chi connectivity index (χ0v) is 18.2. The van der Waals surface area contributed by atoms with Gasteiger partial charge in [0.15, 0.2) is 11.6 Å². The molecule has 0 aliphatic carbocycles. The summed E-state index contributed by atoms with van der Waals surface area (Å²) in [5.74, 6) is 1.42. The summed E-state index contributed by atoms with van der Waals surface area (Å²) >= 11 is 6.33. The molecule has 5 heterocycles. The number of halogens is 1. The highest BCUT2D eigenvalue weighted by molar-refractivity contribution is 6.33. The average Bonchev–Trinajstić information content (AvgIpc) is 3.46. The number of hydrogen-bond donors (Lipinski definition) is 1. The van der Waals surface area contributed by atoms with Crippen LogP contribution in [0.3, 0.4) is 0 Å². The van der Waals surface area contributed by atoms with Crippen LogP contribution >= 0.6 is 11.6 Å². The van der Waals surface area contributed by atoms with E-state index in [0.717, 1.165) is 25.1 Å². The fourth-order valence-corrected chi connectivity index (χ4v) is 4.77. The Morgan fingerprint density at radius 3 is 2.76 bits per heavy atom. The third kappa shape index (κ3) is 3.12. The minimum Gasteiger partial charge on any atom is -0.368 e. The van der Waals surface area contributed by atoms with Crippen LogP contribution in [-0.2, 0) is 0 Å². The van der Waals surface area contributed by atoms with Crippen molar-refractivity contribution in [1.29, 1.82) is 0 Å². The predicted molar refractivity (Wildman–Crippen MR) is 127 cm³/mol. The van der Waals surface area contributed by atoms with Gasteiger partial charge in [-0.25, -0.2) is 9.50 Å². The largest absolute Gasteiger partial charge is 0.368 e. The summed E-state index contributed by atoms with van der Waals surface area (Å²) in [6.45, 7) is 0.724. The van der Waals surface area contributed by atoms with Crippen molar-refractivity contribution in [2.45, 2.75) is 18.9 Å². The number of para-hydroxylation sites is 1. The number of benzene rings is 1. The summed E-state index contributed by atoms with van der Waals surface area (Å²) < 4.78 is 3.20. The van der Waals surface area contributed by atoms with Crippen molar-refractivity contribution in [3.05, 3.63) is 82.1 Å². The Hall–Kier alpha value is -3.98. The average molecular weight is 459 g/mol. The number of rotatable bonds is 3. The molecule has 6 rings (SSSR count). The summed E-state index contributed by atoms with van der Waals surface area (Å²) in [4.78, 5) is 29.1. The van der Waals surface area contributed by atoms with Gasteiger partial charge in [0.2, 0.25) is 5.95 Å². The topological polar surface area (TPSA) is 107 Å². The highest BCUT2D eigenvalue weighted by Crippen LogP contribution is 2.37. The minimum absolute atomic E-state index is 0.178. The Morgan fingerprint density at radius 1 is 1.06 bits per heavy atom. The van der Waals surface area contributed by atoms with E-state index in [2.05, 4.69) is 19.9 Å². The molecule has 164 valence electrons. The number of hydrogen-bond acceptors (Lipinski definition) is 7. The zero-order valence-electron chi connectivity index (χ0n) is 17.5. The van der Waals surface area contributed by atoms with Crippen molar-refractivity contribution in [3.63, 3.8) is 0 Å². The molecule has 0 bridgehead atoms. The molecule has 0 amide bonds. The van der Waals surface area contributed by atoms with E-state index in [1.807, 2.05) is 42.5 Å². The fourth-order valence-electron chi connectivity index (χ4n) is 4.55. The molecule has 1 aliphatic heterocycles. The maximum absolute atomic E-state index is 13.6. The Bertz CT molecular complexity index is 1560. The van der Waals surface area contributed by atoms with E-state index in [0.29, 0.717) is 33.2 Å². The first kappa shape index (κ1) is 19.7. The van der Waals surface area contributed by atoms with Crippen LogP contribution in [0.2, 0.25) is 5.02 Å². The maximum Gasteiger partial charge on any atom is 0.284 e. The predicted octanol–water partition coefficient (Wildman–Crippen LogP) is 3.40. The number of fused-ring (bicyclic) bond motifs is 2. The number of anilines is 2. The van der Waals surface area contributed by atoms with E-state index in [1.54, 1.807) is 27.5 Å². The van der Waals surface area contributed by atoms with Crippen LogP contribution in [0.5, 0.6) is 0 Å². The van der Waals surface area contributed by atoms with Crippen molar-refractivity contribution in [2.75, 3.05) is 17.2 Å². The Morgan fingerprint density at radius 2 is 1.91 bits per heavy atom. The lowest BCUT2D eigenvalue weighted by Gasteiger charge is -2.27. The number of pyridine rings is 1. The van der Waals surface area contributed by atoms with Crippen LogP contribution in [0.4, 0.5) is 11.8 Å². The second-order valence-corrected chi connectivity index (χ2v) is 8.33. The molecule has 1 atom stereocenters. The Labute approximate surface area is 193 Å². The van der Waals surface area contributed by atoms with Crippen LogP contribution in [-0.4, -0.2) is 35.7 Å². The van der Waals surface area contributed by atoms with Gasteiger partial charge in [0, 0.05) is 18.9 Å². The van der Waals surface area contributed by atoms with E-state index >= 15 is 0 Å². The number of nitrogen functional groups attached to an aromatic ring is 1. The Kier molecular flexibility index (Phi) is 4.51. The van der Waals surface area contributed by atoms with Gasteiger partial charge < -0.3 is 10.6 Å². The normalized spacial score (nSPS) is 16.2. The molecule has 4 aromatic heterocycles. The molecule has 9 nitrogen and oxygen atoms in total. The van der Waals surface area contributed by atoms with Crippen LogP contribution in [0.25, 0.3) is 22.2 Å². The summed E-state index contributed by atoms with van der Waals surface area (Å²) in [7, 11) is 0. The van der Waals surface area contributed by atoms with Gasteiger partial charge >= 0.3 is 0 Å². The van der Waals surface area contributed by atoms with Crippen molar-refractivity contribution < 1.29 is 0 Å². The van der Waals surface area contributed by atoms with Gasteiger partial charge in [-0.05, 0) is 43.2 Å². The lowest BCUT2D eigenvalue weighted by atomic mass is 10.2. The van der Waals surface area contributed by atoms with E-state index in [1.165, 1.54) is 0 Å². The fraction of sp³-hybridized carbons (Fsp3) is 0.174. The molecular weight excluding hydrogens is 440 g/mol. The van der Waals surface area contributed by atoms with E-state index < -0.39 is 0 Å². The van der Waals surface area contributed by atoms with Crippen molar-refractivity contribution in [2.24, 2.45) is 0 Å². The summed E-state index contributed by atoms with van der Waals surface area (Å²) in [6.07, 6.45) is 5.11. The molecule has 1 aromatic carbocycles. The number of nitrogens with zero attached hydrogens (tertiary/aromatic N) is 7. The third-order valence-electron chi connectivity index (χ3n) is 5.95. The third-order valence-corrected chi connectivity index (χ3v) is 6.26. The van der Waals surface area contributed by atoms with E-state index in [4.69, 9.17) is 22.4 Å². The lowest BCUT2D eigenvalue weighted by molar-refractivity contribution is 0.602. The molecule has 1 aliphatic rings. The molecule has 33 heavy (non-hydrogen) atoms. The Balaban J connectivity index is 1.60. The van der Waals surface area contributed by atoms with Crippen molar-refractivity contribution in [1.82, 2.24) is 29.1 Å². The molecule has 5 aromatic rings. The second kappa shape index (κ2) is 7.56. The highest BCUT2D eigenvalue weighted by atomic mass is 35.5. The van der Waals surface area contributed by atoms with Crippen LogP contribution in [0.1, 0.15) is 24.7 Å². The van der Waals surface area contributed by atoms with Gasteiger partial charge in [-0.2, -0.15) is 10.1 Å². The molecule has 10 heteroatoms. The number of aromatic nitrogens is 6. The zero-order chi connectivity index (χ0) is 22.5. The van der Waals surface area contributed by atoms with Crippen LogP contribution in [0, 0.1) is 0 Å². The van der Waals surface area contributed by atoms with Gasteiger partial charge in [-0.15, -0.1) is 0 Å². The molecule has 0 radical (unpaired) electrons. The molecule has 0 spiro atoms. The quantitative estimate of drug-likeness (QED) is 0.441. The molecule has 0 saturated carbocycles. The van der Waals surface area contributed by atoms with Crippen molar-refractivity contribution >= 4 is 39.9 Å². The van der Waals surface area contributed by atoms with E-state index in [-0.39, 0.29) is 17.5 Å². The maximum atomic E-state index is 13.6. The first-order valence-electron chi connectivity index (χ1n) is 10.6. The molecule has 1 fully saturated rings. The van der Waals surface area contributed by atoms with Gasteiger partial charge in [0.1, 0.15) is 11.0 Å². The minimum atomic E-state index is -0.224. The molecule has 1 saturated heterocycles.